The van der Waals surface area contributed by atoms with Gasteiger partial charge in [0.25, 0.3) is 0 Å². The maximum Gasteiger partial charge on any atom is 0.328 e. The van der Waals surface area contributed by atoms with Gasteiger partial charge in [-0.1, -0.05) is 29.8 Å². The fraction of sp³-hybridized carbons (Fsp3) is 0.0625. The zero-order chi connectivity index (χ0) is 13.7. The molecule has 96 valence electrons. The van der Waals surface area contributed by atoms with Gasteiger partial charge in [0, 0.05) is 6.08 Å². The van der Waals surface area contributed by atoms with Crippen LogP contribution in [0.25, 0.3) is 6.08 Å². The summed E-state index contributed by atoms with van der Waals surface area (Å²) in [7, 11) is 0. The van der Waals surface area contributed by atoms with Crippen molar-refractivity contribution in [1.82, 2.24) is 0 Å². The largest absolute Gasteiger partial charge is 0.478 e. The van der Waals surface area contributed by atoms with E-state index in [1.54, 1.807) is 6.07 Å². The van der Waals surface area contributed by atoms with Crippen LogP contribution in [0.4, 0.5) is 0 Å². The molecule has 0 heterocycles. The molecule has 0 unspecified atom stereocenters. The molecule has 1 N–H and O–H groups in total. The van der Waals surface area contributed by atoms with E-state index < -0.39 is 5.97 Å². The molecule has 0 aliphatic heterocycles. The Hall–Kier alpha value is -2.55. The van der Waals surface area contributed by atoms with E-state index in [0.29, 0.717) is 5.75 Å². The molecule has 19 heavy (non-hydrogen) atoms. The zero-order valence-electron chi connectivity index (χ0n) is 10.5. The summed E-state index contributed by atoms with van der Waals surface area (Å²) >= 11 is 0. The molecular weight excluding hydrogens is 240 g/mol. The van der Waals surface area contributed by atoms with Gasteiger partial charge >= 0.3 is 5.97 Å². The second-order valence-electron chi connectivity index (χ2n) is 4.16. The van der Waals surface area contributed by atoms with Crippen molar-refractivity contribution in [2.75, 3.05) is 0 Å². The Morgan fingerprint density at radius 1 is 1.11 bits per heavy atom. The van der Waals surface area contributed by atoms with E-state index >= 15 is 0 Å². The Labute approximate surface area is 111 Å². The minimum Gasteiger partial charge on any atom is -0.478 e. The van der Waals surface area contributed by atoms with Crippen LogP contribution in [0.15, 0.2) is 54.6 Å². The Bertz CT molecular complexity index is 598. The summed E-state index contributed by atoms with van der Waals surface area (Å²) in [5.74, 6) is 0.464. The highest BCUT2D eigenvalue weighted by Gasteiger charge is 1.98. The molecule has 0 atom stereocenters. The van der Waals surface area contributed by atoms with Crippen LogP contribution < -0.4 is 4.74 Å². The van der Waals surface area contributed by atoms with E-state index in [9.17, 15) is 4.79 Å². The Balaban J connectivity index is 2.15. The molecule has 2 rings (SSSR count). The van der Waals surface area contributed by atoms with Gasteiger partial charge in [-0.15, -0.1) is 0 Å². The lowest BCUT2D eigenvalue weighted by Gasteiger charge is -2.06. The predicted molar refractivity (Wildman–Crippen MR) is 74.4 cm³/mol. The number of aryl methyl sites for hydroxylation is 1. The molecule has 0 saturated heterocycles. The van der Waals surface area contributed by atoms with Crippen molar-refractivity contribution >= 4 is 12.0 Å². The summed E-state index contributed by atoms with van der Waals surface area (Å²) < 4.78 is 5.70. The van der Waals surface area contributed by atoms with Crippen LogP contribution in [0, 0.1) is 6.92 Å². The van der Waals surface area contributed by atoms with Gasteiger partial charge in [0.05, 0.1) is 0 Å². The number of hydrogen-bond acceptors (Lipinski definition) is 2. The summed E-state index contributed by atoms with van der Waals surface area (Å²) in [4.78, 5) is 10.5. The van der Waals surface area contributed by atoms with E-state index in [4.69, 9.17) is 9.84 Å². The van der Waals surface area contributed by atoms with Crippen LogP contribution in [-0.4, -0.2) is 11.1 Å². The van der Waals surface area contributed by atoms with Crippen molar-refractivity contribution < 1.29 is 14.6 Å². The molecule has 0 saturated carbocycles. The van der Waals surface area contributed by atoms with Crippen LogP contribution in [0.1, 0.15) is 11.1 Å². The molecule has 2 aromatic rings. The summed E-state index contributed by atoms with van der Waals surface area (Å²) in [6.07, 6.45) is 2.63. The lowest BCUT2D eigenvalue weighted by Crippen LogP contribution is -1.87. The monoisotopic (exact) mass is 254 g/mol. The second kappa shape index (κ2) is 5.87. The standard InChI is InChI=1S/C16H14O3/c1-12-5-8-14(9-6-12)19-15-4-2-3-13(11-15)7-10-16(17)18/h2-11H,1H3,(H,17,18). The van der Waals surface area contributed by atoms with Crippen molar-refractivity contribution in [3.05, 3.63) is 65.7 Å². The molecule has 0 fully saturated rings. The van der Waals surface area contributed by atoms with Gasteiger partial charge < -0.3 is 9.84 Å². The minimum absolute atomic E-state index is 0.677. The van der Waals surface area contributed by atoms with Crippen molar-refractivity contribution in [1.29, 1.82) is 0 Å². The van der Waals surface area contributed by atoms with E-state index in [1.807, 2.05) is 49.4 Å². The molecule has 0 bridgehead atoms. The van der Waals surface area contributed by atoms with E-state index in [0.717, 1.165) is 17.4 Å². The van der Waals surface area contributed by atoms with Crippen molar-refractivity contribution in [2.24, 2.45) is 0 Å². The molecule has 0 aromatic heterocycles. The third kappa shape index (κ3) is 4.00. The Morgan fingerprint density at radius 2 is 1.84 bits per heavy atom. The molecular formula is C16H14O3. The van der Waals surface area contributed by atoms with Gasteiger partial charge in [0.15, 0.2) is 0 Å². The molecule has 2 aromatic carbocycles. The Kier molecular flexibility index (Phi) is 3.98. The number of hydrogen-bond donors (Lipinski definition) is 1. The number of benzene rings is 2. The topological polar surface area (TPSA) is 46.5 Å². The van der Waals surface area contributed by atoms with Gasteiger partial charge in [-0.05, 0) is 42.8 Å². The molecule has 0 aliphatic carbocycles. The number of rotatable bonds is 4. The number of carboxylic acid groups (broad SMARTS) is 1. The van der Waals surface area contributed by atoms with Crippen LogP contribution in [0.5, 0.6) is 11.5 Å². The van der Waals surface area contributed by atoms with E-state index in [-0.39, 0.29) is 0 Å². The number of carboxylic acids is 1. The molecule has 3 nitrogen and oxygen atoms in total. The fourth-order valence-corrected chi connectivity index (χ4v) is 1.59. The van der Waals surface area contributed by atoms with Crippen molar-refractivity contribution in [3.63, 3.8) is 0 Å². The highest BCUT2D eigenvalue weighted by atomic mass is 16.5. The SMILES string of the molecule is Cc1ccc(Oc2cccc(C=CC(=O)O)c2)cc1. The smallest absolute Gasteiger partial charge is 0.328 e. The van der Waals surface area contributed by atoms with E-state index in [1.165, 1.54) is 11.6 Å². The summed E-state index contributed by atoms with van der Waals surface area (Å²) in [5.41, 5.74) is 1.96. The summed E-state index contributed by atoms with van der Waals surface area (Å²) in [5, 5.41) is 8.59. The first-order chi connectivity index (χ1) is 9.13. The van der Waals surface area contributed by atoms with Crippen LogP contribution in [0.3, 0.4) is 0 Å². The second-order valence-corrected chi connectivity index (χ2v) is 4.16. The van der Waals surface area contributed by atoms with Gasteiger partial charge in [-0.3, -0.25) is 0 Å². The highest BCUT2D eigenvalue weighted by molar-refractivity contribution is 5.85. The quantitative estimate of drug-likeness (QED) is 0.842. The first-order valence-corrected chi connectivity index (χ1v) is 5.89. The molecule has 0 spiro atoms. The normalized spacial score (nSPS) is 10.6. The first-order valence-electron chi connectivity index (χ1n) is 5.89. The number of carbonyl (C=O) groups is 1. The summed E-state index contributed by atoms with van der Waals surface area (Å²) in [6.45, 7) is 2.01. The zero-order valence-corrected chi connectivity index (χ0v) is 10.5. The van der Waals surface area contributed by atoms with Gasteiger partial charge in [-0.25, -0.2) is 4.79 Å². The van der Waals surface area contributed by atoms with Gasteiger partial charge in [0.2, 0.25) is 0 Å². The average molecular weight is 254 g/mol. The van der Waals surface area contributed by atoms with Crippen LogP contribution in [0.2, 0.25) is 0 Å². The molecule has 3 heteroatoms. The number of ether oxygens (including phenoxy) is 1. The lowest BCUT2D eigenvalue weighted by molar-refractivity contribution is -0.131. The third-order valence-corrected chi connectivity index (χ3v) is 2.53. The maximum atomic E-state index is 10.5. The highest BCUT2D eigenvalue weighted by Crippen LogP contribution is 2.22. The van der Waals surface area contributed by atoms with Gasteiger partial charge in [0.1, 0.15) is 11.5 Å². The molecule has 0 radical (unpaired) electrons. The fourth-order valence-electron chi connectivity index (χ4n) is 1.59. The Morgan fingerprint density at radius 3 is 2.53 bits per heavy atom. The lowest BCUT2D eigenvalue weighted by atomic mass is 10.2. The maximum absolute atomic E-state index is 10.5. The van der Waals surface area contributed by atoms with Crippen molar-refractivity contribution in [2.45, 2.75) is 6.92 Å². The molecule has 0 amide bonds. The van der Waals surface area contributed by atoms with Crippen molar-refractivity contribution in [3.8, 4) is 11.5 Å². The average Bonchev–Trinajstić information content (AvgIpc) is 2.40. The van der Waals surface area contributed by atoms with Crippen LogP contribution >= 0.6 is 0 Å². The minimum atomic E-state index is -0.968. The predicted octanol–water partition coefficient (Wildman–Crippen LogP) is 3.89. The number of aliphatic carboxylic acids is 1. The molecule has 0 aliphatic rings. The van der Waals surface area contributed by atoms with Gasteiger partial charge in [-0.2, -0.15) is 0 Å². The van der Waals surface area contributed by atoms with Crippen LogP contribution in [-0.2, 0) is 4.79 Å². The summed E-state index contributed by atoms with van der Waals surface area (Å²) in [6, 6.07) is 15.0. The first kappa shape index (κ1) is 12.9. The van der Waals surface area contributed by atoms with E-state index in [2.05, 4.69) is 0 Å². The third-order valence-electron chi connectivity index (χ3n) is 2.53.